The predicted molar refractivity (Wildman–Crippen MR) is 126 cm³/mol. The second kappa shape index (κ2) is 9.75. The lowest BCUT2D eigenvalue weighted by Gasteiger charge is -2.27. The van der Waals surface area contributed by atoms with Gasteiger partial charge in [0.2, 0.25) is 0 Å². The lowest BCUT2D eigenvalue weighted by Crippen LogP contribution is -2.35. The molecule has 172 valence electrons. The third-order valence-electron chi connectivity index (χ3n) is 6.72. The summed E-state index contributed by atoms with van der Waals surface area (Å²) < 4.78 is 7.31. The van der Waals surface area contributed by atoms with Crippen LogP contribution in [0.15, 0.2) is 48.7 Å². The molecule has 0 atom stereocenters. The summed E-state index contributed by atoms with van der Waals surface area (Å²) in [5.74, 6) is 0.800. The van der Waals surface area contributed by atoms with E-state index in [0.717, 1.165) is 54.9 Å². The first kappa shape index (κ1) is 21.6. The van der Waals surface area contributed by atoms with E-state index in [-0.39, 0.29) is 11.9 Å². The number of carbonyl (C=O) groups excluding carboxylic acids is 1. The summed E-state index contributed by atoms with van der Waals surface area (Å²) in [5.41, 5.74) is 4.99. The summed E-state index contributed by atoms with van der Waals surface area (Å²) in [6, 6.07) is 14.3. The van der Waals surface area contributed by atoms with Crippen LogP contribution in [-0.4, -0.2) is 45.3 Å². The lowest BCUT2D eigenvalue weighted by atomic mass is 10.0. The molecule has 0 spiro atoms. The van der Waals surface area contributed by atoms with Crippen molar-refractivity contribution >= 4 is 5.91 Å². The minimum atomic E-state index is -0.0358. The molecule has 7 nitrogen and oxygen atoms in total. The second-order valence-electron chi connectivity index (χ2n) is 9.02. The minimum absolute atomic E-state index is 0.0358. The zero-order valence-corrected chi connectivity index (χ0v) is 19.2. The van der Waals surface area contributed by atoms with E-state index in [1.807, 2.05) is 35.1 Å². The predicted octanol–water partition coefficient (Wildman–Crippen LogP) is 3.57. The number of aromatic nitrogens is 3. The Bertz CT molecular complexity index is 1090. The average molecular weight is 446 g/mol. The van der Waals surface area contributed by atoms with Gasteiger partial charge in [0.1, 0.15) is 5.75 Å². The van der Waals surface area contributed by atoms with Gasteiger partial charge in [0.15, 0.2) is 5.69 Å². The summed E-state index contributed by atoms with van der Waals surface area (Å²) in [5, 5.41) is 8.08. The van der Waals surface area contributed by atoms with Gasteiger partial charge >= 0.3 is 0 Å². The molecule has 2 aliphatic rings. The van der Waals surface area contributed by atoms with Crippen molar-refractivity contribution in [3.05, 3.63) is 76.9 Å². The lowest BCUT2D eigenvalue weighted by molar-refractivity contribution is 0.0929. The van der Waals surface area contributed by atoms with E-state index >= 15 is 0 Å². The molecule has 0 unspecified atom stereocenters. The minimum Gasteiger partial charge on any atom is -0.497 e. The summed E-state index contributed by atoms with van der Waals surface area (Å²) in [4.78, 5) is 20.1. The monoisotopic (exact) mass is 445 g/mol. The van der Waals surface area contributed by atoms with Crippen molar-refractivity contribution in [2.45, 2.75) is 57.8 Å². The number of nitrogens with zero attached hydrogens (tertiary/aromatic N) is 4. The number of pyridine rings is 1. The maximum atomic E-state index is 13.3. The first-order chi connectivity index (χ1) is 16.2. The van der Waals surface area contributed by atoms with Gasteiger partial charge in [-0.3, -0.25) is 19.4 Å². The Morgan fingerprint density at radius 3 is 2.67 bits per heavy atom. The van der Waals surface area contributed by atoms with E-state index in [0.29, 0.717) is 18.8 Å². The molecular weight excluding hydrogens is 414 g/mol. The fourth-order valence-electron chi connectivity index (χ4n) is 4.94. The van der Waals surface area contributed by atoms with Gasteiger partial charge in [-0.25, -0.2) is 0 Å². The van der Waals surface area contributed by atoms with Crippen molar-refractivity contribution < 1.29 is 9.53 Å². The first-order valence-corrected chi connectivity index (χ1v) is 11.8. The molecule has 1 aromatic carbocycles. The van der Waals surface area contributed by atoms with E-state index in [4.69, 9.17) is 9.84 Å². The number of rotatable bonds is 7. The van der Waals surface area contributed by atoms with Crippen molar-refractivity contribution in [1.82, 2.24) is 25.0 Å². The number of nitrogens with one attached hydrogen (secondary N) is 1. The van der Waals surface area contributed by atoms with E-state index in [2.05, 4.69) is 33.4 Å². The molecule has 0 saturated heterocycles. The third kappa shape index (κ3) is 4.93. The van der Waals surface area contributed by atoms with Crippen LogP contribution in [0.25, 0.3) is 0 Å². The molecule has 0 bridgehead atoms. The SMILES string of the molecule is COc1ccc(Cn2nc(C(=O)NC3CCCC3)c3c2CCN(Cc2ccccn2)C3)cc1. The van der Waals surface area contributed by atoms with Gasteiger partial charge < -0.3 is 10.1 Å². The summed E-state index contributed by atoms with van der Waals surface area (Å²) in [6.07, 6.45) is 7.19. The number of fused-ring (bicyclic) bond motifs is 1. The maximum absolute atomic E-state index is 13.3. The number of benzene rings is 1. The van der Waals surface area contributed by atoms with Gasteiger partial charge in [-0.2, -0.15) is 5.10 Å². The topological polar surface area (TPSA) is 72.3 Å². The van der Waals surface area contributed by atoms with Crippen molar-refractivity contribution in [1.29, 1.82) is 0 Å². The highest BCUT2D eigenvalue weighted by molar-refractivity contribution is 5.94. The molecule has 33 heavy (non-hydrogen) atoms. The smallest absolute Gasteiger partial charge is 0.272 e. The van der Waals surface area contributed by atoms with Crippen LogP contribution in [-0.2, 0) is 26.1 Å². The van der Waals surface area contributed by atoms with Crippen LogP contribution in [0.5, 0.6) is 5.75 Å². The van der Waals surface area contributed by atoms with Crippen LogP contribution in [0, 0.1) is 0 Å². The van der Waals surface area contributed by atoms with Gasteiger partial charge in [0.25, 0.3) is 5.91 Å². The number of carbonyl (C=O) groups is 1. The Hall–Kier alpha value is -3.19. The van der Waals surface area contributed by atoms with Crippen molar-refractivity contribution in [3.63, 3.8) is 0 Å². The Labute approximate surface area is 194 Å². The molecule has 0 radical (unpaired) electrons. The van der Waals surface area contributed by atoms with E-state index in [1.54, 1.807) is 7.11 Å². The third-order valence-corrected chi connectivity index (χ3v) is 6.72. The molecule has 1 amide bonds. The molecule has 1 N–H and O–H groups in total. The molecule has 1 saturated carbocycles. The Balaban J connectivity index is 1.40. The quantitative estimate of drug-likeness (QED) is 0.602. The molecule has 1 fully saturated rings. The number of hydrogen-bond acceptors (Lipinski definition) is 5. The van der Waals surface area contributed by atoms with Gasteiger partial charge in [-0.15, -0.1) is 0 Å². The molecule has 3 heterocycles. The number of ether oxygens (including phenoxy) is 1. The van der Waals surface area contributed by atoms with E-state index < -0.39 is 0 Å². The van der Waals surface area contributed by atoms with Crippen molar-refractivity contribution in [2.75, 3.05) is 13.7 Å². The Morgan fingerprint density at radius 2 is 1.94 bits per heavy atom. The largest absolute Gasteiger partial charge is 0.497 e. The molecular formula is C26H31N5O2. The highest BCUT2D eigenvalue weighted by atomic mass is 16.5. The van der Waals surface area contributed by atoms with Gasteiger partial charge in [0.05, 0.1) is 19.3 Å². The van der Waals surface area contributed by atoms with Crippen LogP contribution in [0.4, 0.5) is 0 Å². The number of amides is 1. The molecule has 2 aromatic heterocycles. The Morgan fingerprint density at radius 1 is 1.12 bits per heavy atom. The van der Waals surface area contributed by atoms with Crippen molar-refractivity contribution in [3.8, 4) is 5.75 Å². The normalized spacial score (nSPS) is 16.5. The van der Waals surface area contributed by atoms with E-state index in [1.165, 1.54) is 18.5 Å². The van der Waals surface area contributed by atoms with Gasteiger partial charge in [-0.1, -0.05) is 31.0 Å². The molecule has 5 rings (SSSR count). The van der Waals surface area contributed by atoms with Crippen LogP contribution in [0.2, 0.25) is 0 Å². The summed E-state index contributed by atoms with van der Waals surface area (Å²) >= 11 is 0. The van der Waals surface area contributed by atoms with Gasteiger partial charge in [0, 0.05) is 49.6 Å². The maximum Gasteiger partial charge on any atom is 0.272 e. The number of hydrogen-bond donors (Lipinski definition) is 1. The molecule has 1 aliphatic heterocycles. The fraction of sp³-hybridized carbons (Fsp3) is 0.423. The number of methoxy groups -OCH3 is 1. The standard InChI is InChI=1S/C26H31N5O2/c1-33-22-11-9-19(10-12-22)16-31-24-13-15-30(17-21-8-4-5-14-27-21)18-23(24)25(29-31)26(32)28-20-6-2-3-7-20/h4-5,8-12,14,20H,2-3,6-7,13,15-18H2,1H3,(H,28,32). The fourth-order valence-corrected chi connectivity index (χ4v) is 4.94. The molecule has 3 aromatic rings. The molecule has 1 aliphatic carbocycles. The van der Waals surface area contributed by atoms with E-state index in [9.17, 15) is 4.79 Å². The van der Waals surface area contributed by atoms with Gasteiger partial charge in [-0.05, 0) is 42.7 Å². The van der Waals surface area contributed by atoms with Crippen LogP contribution in [0.3, 0.4) is 0 Å². The first-order valence-electron chi connectivity index (χ1n) is 11.8. The summed E-state index contributed by atoms with van der Waals surface area (Å²) in [6.45, 7) is 3.04. The highest BCUT2D eigenvalue weighted by Crippen LogP contribution is 2.26. The Kier molecular flexibility index (Phi) is 6.39. The average Bonchev–Trinajstić information content (AvgIpc) is 3.48. The zero-order chi connectivity index (χ0) is 22.6. The van der Waals surface area contributed by atoms with Crippen LogP contribution < -0.4 is 10.1 Å². The highest BCUT2D eigenvalue weighted by Gasteiger charge is 2.29. The zero-order valence-electron chi connectivity index (χ0n) is 19.2. The van der Waals surface area contributed by atoms with Crippen molar-refractivity contribution in [2.24, 2.45) is 0 Å². The van der Waals surface area contributed by atoms with Crippen LogP contribution >= 0.6 is 0 Å². The van der Waals surface area contributed by atoms with Crippen LogP contribution in [0.1, 0.15) is 58.7 Å². The molecule has 7 heteroatoms. The summed E-state index contributed by atoms with van der Waals surface area (Å²) in [7, 11) is 1.67. The second-order valence-corrected chi connectivity index (χ2v) is 9.02.